The van der Waals surface area contributed by atoms with E-state index < -0.39 is 23.2 Å². The van der Waals surface area contributed by atoms with E-state index in [2.05, 4.69) is 5.10 Å². The van der Waals surface area contributed by atoms with Gasteiger partial charge in [-0.15, -0.1) is 0 Å². The lowest BCUT2D eigenvalue weighted by molar-refractivity contribution is -0.131. The zero-order chi connectivity index (χ0) is 15.7. The van der Waals surface area contributed by atoms with Crippen LogP contribution in [0.4, 0.5) is 5.69 Å². The summed E-state index contributed by atoms with van der Waals surface area (Å²) in [5.41, 5.74) is 0.287. The van der Waals surface area contributed by atoms with Crippen molar-refractivity contribution in [1.82, 2.24) is 0 Å². The Morgan fingerprint density at radius 1 is 0.955 bits per heavy atom. The van der Waals surface area contributed by atoms with Crippen molar-refractivity contribution in [3.8, 4) is 0 Å². The van der Waals surface area contributed by atoms with Crippen molar-refractivity contribution in [3.63, 3.8) is 0 Å². The van der Waals surface area contributed by atoms with Crippen LogP contribution in [0.25, 0.3) is 0 Å². The van der Waals surface area contributed by atoms with Gasteiger partial charge < -0.3 is 0 Å². The molecule has 3 rings (SSSR count). The SMILES string of the molecule is O=C1C(=O)N(c2ccccc2)N=C1C(=O)c1ccc(Cl)cc1. The molecular formula is C16H9ClN2O3. The second-order valence-electron chi connectivity index (χ2n) is 4.57. The summed E-state index contributed by atoms with van der Waals surface area (Å²) in [6, 6.07) is 14.5. The Morgan fingerprint density at radius 3 is 2.23 bits per heavy atom. The van der Waals surface area contributed by atoms with Crippen LogP contribution < -0.4 is 5.01 Å². The molecule has 0 saturated carbocycles. The van der Waals surface area contributed by atoms with E-state index in [9.17, 15) is 14.4 Å². The van der Waals surface area contributed by atoms with Crippen molar-refractivity contribution in [3.05, 3.63) is 65.2 Å². The first-order valence-corrected chi connectivity index (χ1v) is 6.78. The minimum atomic E-state index is -0.913. The second-order valence-corrected chi connectivity index (χ2v) is 5.00. The predicted octanol–water partition coefficient (Wildman–Crippen LogP) is 2.49. The Balaban J connectivity index is 1.96. The smallest absolute Gasteiger partial charge is 0.287 e. The van der Waals surface area contributed by atoms with E-state index in [1.54, 1.807) is 30.3 Å². The van der Waals surface area contributed by atoms with Crippen LogP contribution in [0.5, 0.6) is 0 Å². The summed E-state index contributed by atoms with van der Waals surface area (Å²) in [6.45, 7) is 0. The molecule has 108 valence electrons. The van der Waals surface area contributed by atoms with Gasteiger partial charge in [-0.2, -0.15) is 10.1 Å². The molecule has 2 aromatic rings. The molecule has 2 aromatic carbocycles. The first kappa shape index (κ1) is 14.2. The number of carbonyl (C=O) groups excluding carboxylic acids is 3. The number of hydrogen-bond acceptors (Lipinski definition) is 4. The van der Waals surface area contributed by atoms with Crippen molar-refractivity contribution >= 4 is 40.5 Å². The van der Waals surface area contributed by atoms with E-state index in [0.717, 1.165) is 5.01 Å². The number of halogens is 1. The molecule has 0 unspecified atom stereocenters. The maximum Gasteiger partial charge on any atom is 0.321 e. The van der Waals surface area contributed by atoms with Crippen LogP contribution in [-0.2, 0) is 9.59 Å². The van der Waals surface area contributed by atoms with Gasteiger partial charge >= 0.3 is 5.91 Å². The largest absolute Gasteiger partial charge is 0.321 e. The second kappa shape index (κ2) is 5.54. The van der Waals surface area contributed by atoms with Gasteiger partial charge in [0.1, 0.15) is 0 Å². The van der Waals surface area contributed by atoms with Gasteiger partial charge in [0.25, 0.3) is 5.78 Å². The highest BCUT2D eigenvalue weighted by Gasteiger charge is 2.38. The maximum absolute atomic E-state index is 12.3. The lowest BCUT2D eigenvalue weighted by Crippen LogP contribution is -2.29. The Bertz CT molecular complexity index is 798. The highest BCUT2D eigenvalue weighted by atomic mass is 35.5. The van der Waals surface area contributed by atoms with Gasteiger partial charge in [0.2, 0.25) is 5.78 Å². The number of hydrogen-bond donors (Lipinski definition) is 0. The maximum atomic E-state index is 12.3. The third-order valence-corrected chi connectivity index (χ3v) is 3.38. The van der Waals surface area contributed by atoms with Gasteiger partial charge in [-0.05, 0) is 36.4 Å². The summed E-state index contributed by atoms with van der Waals surface area (Å²) in [5.74, 6) is -2.36. The highest BCUT2D eigenvalue weighted by molar-refractivity contribution is 6.84. The number of rotatable bonds is 3. The molecule has 6 heteroatoms. The van der Waals surface area contributed by atoms with E-state index in [0.29, 0.717) is 10.7 Å². The third-order valence-electron chi connectivity index (χ3n) is 3.12. The van der Waals surface area contributed by atoms with E-state index in [4.69, 9.17) is 11.6 Å². The Morgan fingerprint density at radius 2 is 1.59 bits per heavy atom. The summed E-state index contributed by atoms with van der Waals surface area (Å²) in [7, 11) is 0. The van der Waals surface area contributed by atoms with Crippen molar-refractivity contribution in [2.24, 2.45) is 5.10 Å². The molecule has 22 heavy (non-hydrogen) atoms. The number of Topliss-reactive ketones (excluding diaryl/α,β-unsaturated/α-hetero) is 2. The summed E-state index contributed by atoms with van der Waals surface area (Å²) >= 11 is 5.76. The minimum absolute atomic E-state index is 0.249. The number of ketones is 2. The summed E-state index contributed by atoms with van der Waals surface area (Å²) < 4.78 is 0. The molecule has 0 bridgehead atoms. The highest BCUT2D eigenvalue weighted by Crippen LogP contribution is 2.20. The number of hydrazone groups is 1. The van der Waals surface area contributed by atoms with Gasteiger partial charge in [0, 0.05) is 10.6 Å². The molecule has 0 fully saturated rings. The molecule has 0 N–H and O–H groups in total. The summed E-state index contributed by atoms with van der Waals surface area (Å²) in [4.78, 5) is 36.3. The first-order valence-electron chi connectivity index (χ1n) is 6.40. The van der Waals surface area contributed by atoms with Crippen molar-refractivity contribution in [2.75, 3.05) is 5.01 Å². The number of para-hydroxylation sites is 1. The standard InChI is InChI=1S/C16H9ClN2O3/c17-11-8-6-10(7-9-11)14(20)13-15(21)16(22)19(18-13)12-4-2-1-3-5-12/h1-9H. The fraction of sp³-hybridized carbons (Fsp3) is 0. The average molecular weight is 313 g/mol. The molecule has 0 atom stereocenters. The first-order chi connectivity index (χ1) is 10.6. The van der Waals surface area contributed by atoms with E-state index in [1.165, 1.54) is 24.3 Å². The van der Waals surface area contributed by atoms with Gasteiger partial charge in [-0.3, -0.25) is 14.4 Å². The van der Waals surface area contributed by atoms with Crippen LogP contribution in [0.1, 0.15) is 10.4 Å². The predicted molar refractivity (Wildman–Crippen MR) is 82.2 cm³/mol. The Labute approximate surface area is 130 Å². The normalized spacial score (nSPS) is 14.2. The van der Waals surface area contributed by atoms with Gasteiger partial charge in [-0.25, -0.2) is 0 Å². The fourth-order valence-electron chi connectivity index (χ4n) is 2.02. The zero-order valence-electron chi connectivity index (χ0n) is 11.2. The minimum Gasteiger partial charge on any atom is -0.287 e. The molecule has 0 radical (unpaired) electrons. The van der Waals surface area contributed by atoms with Crippen LogP contribution >= 0.6 is 11.6 Å². The van der Waals surface area contributed by atoms with Crippen molar-refractivity contribution in [2.45, 2.75) is 0 Å². The van der Waals surface area contributed by atoms with Gasteiger partial charge in [-0.1, -0.05) is 29.8 Å². The van der Waals surface area contributed by atoms with Crippen LogP contribution in [0, 0.1) is 0 Å². The lowest BCUT2D eigenvalue weighted by atomic mass is 10.0. The molecule has 0 saturated heterocycles. The number of carbonyl (C=O) groups is 3. The Kier molecular flexibility index (Phi) is 3.56. The van der Waals surface area contributed by atoms with E-state index >= 15 is 0 Å². The molecule has 0 aliphatic carbocycles. The van der Waals surface area contributed by atoms with E-state index in [1.807, 2.05) is 0 Å². The quantitative estimate of drug-likeness (QED) is 0.646. The van der Waals surface area contributed by atoms with Gasteiger partial charge in [0.05, 0.1) is 5.69 Å². The number of benzene rings is 2. The van der Waals surface area contributed by atoms with Crippen LogP contribution in [-0.4, -0.2) is 23.2 Å². The monoisotopic (exact) mass is 312 g/mol. The average Bonchev–Trinajstić information content (AvgIpc) is 2.84. The third kappa shape index (κ3) is 2.42. The molecular weight excluding hydrogens is 304 g/mol. The molecule has 1 heterocycles. The van der Waals surface area contributed by atoms with Gasteiger partial charge in [0.15, 0.2) is 5.71 Å². The van der Waals surface area contributed by atoms with Crippen LogP contribution in [0.15, 0.2) is 59.7 Å². The number of anilines is 1. The zero-order valence-corrected chi connectivity index (χ0v) is 11.9. The summed E-state index contributed by atoms with van der Waals surface area (Å²) in [6.07, 6.45) is 0. The lowest BCUT2D eigenvalue weighted by Gasteiger charge is -2.09. The number of nitrogens with zero attached hydrogens (tertiary/aromatic N) is 2. The molecule has 1 aliphatic heterocycles. The van der Waals surface area contributed by atoms with Crippen LogP contribution in [0.2, 0.25) is 5.02 Å². The summed E-state index contributed by atoms with van der Waals surface area (Å²) in [5, 5.41) is 5.29. The number of amides is 1. The van der Waals surface area contributed by atoms with E-state index in [-0.39, 0.29) is 5.56 Å². The molecule has 0 spiro atoms. The molecule has 1 amide bonds. The molecule has 5 nitrogen and oxygen atoms in total. The van der Waals surface area contributed by atoms with Crippen molar-refractivity contribution in [1.29, 1.82) is 0 Å². The Hall–Kier alpha value is -2.79. The molecule has 0 aromatic heterocycles. The van der Waals surface area contributed by atoms with Crippen molar-refractivity contribution < 1.29 is 14.4 Å². The van der Waals surface area contributed by atoms with Crippen LogP contribution in [0.3, 0.4) is 0 Å². The fourth-order valence-corrected chi connectivity index (χ4v) is 2.14. The molecule has 1 aliphatic rings. The topological polar surface area (TPSA) is 66.8 Å².